The van der Waals surface area contributed by atoms with Crippen molar-refractivity contribution in [2.45, 2.75) is 24.3 Å². The van der Waals surface area contributed by atoms with Crippen LogP contribution in [0, 0.1) is 5.82 Å². The zero-order chi connectivity index (χ0) is 15.6. The molecule has 0 spiro atoms. The summed E-state index contributed by atoms with van der Waals surface area (Å²) in [5.74, 6) is -0.604. The summed E-state index contributed by atoms with van der Waals surface area (Å²) in [7, 11) is 0. The summed E-state index contributed by atoms with van der Waals surface area (Å²) in [6.07, 6.45) is 1.84. The first-order chi connectivity index (χ1) is 10.6. The predicted octanol–water partition coefficient (Wildman–Crippen LogP) is 2.67. The molecule has 0 saturated heterocycles. The molecule has 0 radical (unpaired) electrons. The highest BCUT2D eigenvalue weighted by atomic mass is 19.1. The van der Waals surface area contributed by atoms with Gasteiger partial charge in [0.2, 0.25) is 5.91 Å². The van der Waals surface area contributed by atoms with Crippen molar-refractivity contribution in [3.8, 4) is 0 Å². The number of nitrogens with two attached hydrogens (primary N) is 1. The van der Waals surface area contributed by atoms with Crippen molar-refractivity contribution < 1.29 is 9.18 Å². The molecule has 1 amide bonds. The number of hydrogen-bond acceptors (Lipinski definition) is 2. The van der Waals surface area contributed by atoms with Crippen LogP contribution in [0.3, 0.4) is 0 Å². The number of amides is 1. The number of rotatable bonds is 6. The molecule has 4 heteroatoms. The Hall–Kier alpha value is -2.20. The third-order valence-electron chi connectivity index (χ3n) is 4.36. The Bertz CT molecular complexity index is 668. The predicted molar refractivity (Wildman–Crippen MR) is 83.7 cm³/mol. The molecular weight excluding hydrogens is 279 g/mol. The molecule has 1 fully saturated rings. The molecule has 1 unspecified atom stereocenters. The van der Waals surface area contributed by atoms with Gasteiger partial charge in [-0.1, -0.05) is 48.5 Å². The lowest BCUT2D eigenvalue weighted by molar-refractivity contribution is -0.120. The summed E-state index contributed by atoms with van der Waals surface area (Å²) < 4.78 is 14.0. The van der Waals surface area contributed by atoms with Gasteiger partial charge in [0.25, 0.3) is 0 Å². The van der Waals surface area contributed by atoms with E-state index in [0.29, 0.717) is 6.54 Å². The van der Waals surface area contributed by atoms with Gasteiger partial charge in [0.15, 0.2) is 0 Å². The van der Waals surface area contributed by atoms with Gasteiger partial charge in [0.05, 0.1) is 0 Å². The van der Waals surface area contributed by atoms with E-state index >= 15 is 0 Å². The molecule has 1 saturated carbocycles. The minimum absolute atomic E-state index is 0.183. The first kappa shape index (κ1) is 14.7. The average Bonchev–Trinajstić information content (AvgIpc) is 3.29. The highest BCUT2D eigenvalue weighted by molar-refractivity contribution is 5.81. The second-order valence-corrected chi connectivity index (χ2v) is 5.89. The maximum Gasteiger partial charge on any atom is 0.239 e. The molecule has 3 N–H and O–H groups in total. The van der Waals surface area contributed by atoms with Crippen LogP contribution in [0.2, 0.25) is 0 Å². The highest BCUT2D eigenvalue weighted by Crippen LogP contribution is 2.48. The summed E-state index contributed by atoms with van der Waals surface area (Å²) in [4.78, 5) is 11.7. The third kappa shape index (κ3) is 2.88. The van der Waals surface area contributed by atoms with Gasteiger partial charge in [-0.2, -0.15) is 0 Å². The van der Waals surface area contributed by atoms with E-state index in [1.165, 1.54) is 6.07 Å². The van der Waals surface area contributed by atoms with Crippen LogP contribution in [0.5, 0.6) is 0 Å². The van der Waals surface area contributed by atoms with Gasteiger partial charge in [0, 0.05) is 12.0 Å². The zero-order valence-corrected chi connectivity index (χ0v) is 12.3. The summed E-state index contributed by atoms with van der Waals surface area (Å²) >= 11 is 0. The van der Waals surface area contributed by atoms with E-state index in [1.54, 1.807) is 6.07 Å². The topological polar surface area (TPSA) is 55.1 Å². The molecule has 1 aliphatic rings. The lowest BCUT2D eigenvalue weighted by Crippen LogP contribution is -2.38. The molecule has 0 aromatic heterocycles. The summed E-state index contributed by atoms with van der Waals surface area (Å²) in [5.41, 5.74) is 6.85. The number of hydrogen-bond donors (Lipinski definition) is 2. The number of carbonyl (C=O) groups excluding carboxylic acids is 1. The molecule has 1 aliphatic carbocycles. The fraction of sp³-hybridized carbons (Fsp3) is 0.278. The number of benzene rings is 2. The second-order valence-electron chi connectivity index (χ2n) is 5.89. The van der Waals surface area contributed by atoms with Crippen molar-refractivity contribution in [1.82, 2.24) is 5.32 Å². The molecule has 2 aromatic rings. The lowest BCUT2D eigenvalue weighted by atomic mass is 9.94. The monoisotopic (exact) mass is 298 g/mol. The summed E-state index contributed by atoms with van der Waals surface area (Å²) in [5, 5.41) is 3.22. The largest absolute Gasteiger partial charge is 0.368 e. The van der Waals surface area contributed by atoms with Crippen LogP contribution in [0.25, 0.3) is 0 Å². The Labute approximate surface area is 129 Å². The van der Waals surface area contributed by atoms with Crippen molar-refractivity contribution in [2.24, 2.45) is 5.73 Å². The van der Waals surface area contributed by atoms with Crippen molar-refractivity contribution in [1.29, 1.82) is 0 Å². The summed E-state index contributed by atoms with van der Waals surface area (Å²) in [6.45, 7) is 0.538. The Kier molecular flexibility index (Phi) is 3.94. The van der Waals surface area contributed by atoms with Gasteiger partial charge < -0.3 is 11.1 Å². The van der Waals surface area contributed by atoms with Crippen LogP contribution in [-0.2, 0) is 10.2 Å². The number of nitrogens with one attached hydrogen (secondary N) is 1. The minimum atomic E-state index is -0.551. The average molecular weight is 298 g/mol. The van der Waals surface area contributed by atoms with E-state index < -0.39 is 11.9 Å². The van der Waals surface area contributed by atoms with Crippen LogP contribution in [0.4, 0.5) is 4.39 Å². The molecule has 2 aromatic carbocycles. The van der Waals surface area contributed by atoms with Crippen molar-refractivity contribution in [3.63, 3.8) is 0 Å². The summed E-state index contributed by atoms with van der Waals surface area (Å²) in [6, 6.07) is 15.7. The van der Waals surface area contributed by atoms with Crippen LogP contribution in [0.15, 0.2) is 54.6 Å². The van der Waals surface area contributed by atoms with E-state index in [-0.39, 0.29) is 11.2 Å². The highest BCUT2D eigenvalue weighted by Gasteiger charge is 2.46. The van der Waals surface area contributed by atoms with Crippen molar-refractivity contribution in [3.05, 3.63) is 71.5 Å². The molecular formula is C18H19FN2O. The first-order valence-corrected chi connectivity index (χ1v) is 7.45. The molecule has 3 nitrogen and oxygen atoms in total. The first-order valence-electron chi connectivity index (χ1n) is 7.45. The quantitative estimate of drug-likeness (QED) is 0.861. The van der Waals surface area contributed by atoms with Crippen LogP contribution >= 0.6 is 0 Å². The molecule has 0 aliphatic heterocycles. The maximum atomic E-state index is 14.0. The van der Waals surface area contributed by atoms with Gasteiger partial charge in [-0.05, 0) is 30.0 Å². The third-order valence-corrected chi connectivity index (χ3v) is 4.36. The molecule has 0 heterocycles. The van der Waals surface area contributed by atoms with E-state index in [2.05, 4.69) is 5.32 Å². The molecule has 0 bridgehead atoms. The molecule has 3 rings (SSSR count). The van der Waals surface area contributed by atoms with E-state index in [4.69, 9.17) is 5.73 Å². The normalized spacial score (nSPS) is 17.0. The second kappa shape index (κ2) is 5.89. The van der Waals surface area contributed by atoms with Crippen molar-refractivity contribution in [2.75, 3.05) is 6.54 Å². The van der Waals surface area contributed by atoms with Crippen LogP contribution < -0.4 is 11.1 Å². The number of halogens is 1. The molecule has 114 valence electrons. The lowest BCUT2D eigenvalue weighted by Gasteiger charge is -2.22. The Balaban J connectivity index is 1.76. The van der Waals surface area contributed by atoms with Gasteiger partial charge in [-0.15, -0.1) is 0 Å². The fourth-order valence-corrected chi connectivity index (χ4v) is 2.91. The van der Waals surface area contributed by atoms with Gasteiger partial charge in [-0.3, -0.25) is 4.79 Å². The molecule has 22 heavy (non-hydrogen) atoms. The standard InChI is InChI=1S/C18H19FN2O/c19-15-9-5-4-8-14(15)18(10-11-18)12-21-16(17(20)22)13-6-2-1-3-7-13/h1-9,16,21H,10-12H2,(H2,20,22). The van der Waals surface area contributed by atoms with Crippen molar-refractivity contribution >= 4 is 5.91 Å². The minimum Gasteiger partial charge on any atom is -0.368 e. The van der Waals surface area contributed by atoms with Gasteiger partial charge in [-0.25, -0.2) is 4.39 Å². The Morgan fingerprint density at radius 3 is 2.36 bits per heavy atom. The Morgan fingerprint density at radius 1 is 1.14 bits per heavy atom. The fourth-order valence-electron chi connectivity index (χ4n) is 2.91. The van der Waals surface area contributed by atoms with E-state index in [9.17, 15) is 9.18 Å². The van der Waals surface area contributed by atoms with E-state index in [0.717, 1.165) is 24.0 Å². The van der Waals surface area contributed by atoms with E-state index in [1.807, 2.05) is 42.5 Å². The smallest absolute Gasteiger partial charge is 0.239 e. The maximum absolute atomic E-state index is 14.0. The molecule has 1 atom stereocenters. The number of primary amides is 1. The SMILES string of the molecule is NC(=O)C(NCC1(c2ccccc2F)CC1)c1ccccc1. The van der Waals surface area contributed by atoms with Crippen LogP contribution in [0.1, 0.15) is 30.0 Å². The van der Waals surface area contributed by atoms with Gasteiger partial charge in [0.1, 0.15) is 11.9 Å². The van der Waals surface area contributed by atoms with Crippen LogP contribution in [-0.4, -0.2) is 12.5 Å². The van der Waals surface area contributed by atoms with Gasteiger partial charge >= 0.3 is 0 Å². The number of carbonyl (C=O) groups is 1. The Morgan fingerprint density at radius 2 is 1.77 bits per heavy atom. The zero-order valence-electron chi connectivity index (χ0n) is 12.3.